The quantitative estimate of drug-likeness (QED) is 0.777. The minimum atomic E-state index is -0.484. The third kappa shape index (κ3) is 5.18. The highest BCUT2D eigenvalue weighted by atomic mass is 16.5. The Balaban J connectivity index is 2.37. The van der Waals surface area contributed by atoms with Crippen molar-refractivity contribution < 1.29 is 14.3 Å². The van der Waals surface area contributed by atoms with Crippen LogP contribution < -0.4 is 20.5 Å². The summed E-state index contributed by atoms with van der Waals surface area (Å²) in [7, 11) is 1.61. The average Bonchev–Trinajstić information content (AvgIpc) is 2.42. The number of benzene rings is 1. The third-order valence-electron chi connectivity index (χ3n) is 2.63. The minimum absolute atomic E-state index is 0.149. The first kappa shape index (κ1) is 15.3. The molecule has 0 aliphatic carbocycles. The van der Waals surface area contributed by atoms with Gasteiger partial charge in [0.05, 0.1) is 19.8 Å². The van der Waals surface area contributed by atoms with Crippen molar-refractivity contribution in [3.8, 4) is 11.5 Å². The molecule has 5 heteroatoms. The summed E-state index contributed by atoms with van der Waals surface area (Å²) >= 11 is 0. The topological polar surface area (TPSA) is 73.6 Å². The van der Waals surface area contributed by atoms with Gasteiger partial charge in [0, 0.05) is 12.5 Å². The summed E-state index contributed by atoms with van der Waals surface area (Å²) in [6, 6.07) is 6.99. The first-order chi connectivity index (χ1) is 9.04. The summed E-state index contributed by atoms with van der Waals surface area (Å²) in [5.74, 6) is 1.45. The molecule has 0 heterocycles. The van der Waals surface area contributed by atoms with Crippen LogP contribution in [0.15, 0.2) is 24.3 Å². The van der Waals surface area contributed by atoms with Crippen molar-refractivity contribution in [2.24, 2.45) is 11.7 Å². The summed E-state index contributed by atoms with van der Waals surface area (Å²) in [5.41, 5.74) is 5.47. The van der Waals surface area contributed by atoms with Crippen LogP contribution in [-0.4, -0.2) is 32.2 Å². The van der Waals surface area contributed by atoms with Crippen LogP contribution in [0, 0.1) is 5.92 Å². The standard InChI is InChI=1S/C14H22N2O3/c1-10(8-16-14(17)11(2)15)9-19-13-7-5-4-6-12(13)18-3/h4-7,10-11H,8-9,15H2,1-3H3,(H,16,17). The highest BCUT2D eigenvalue weighted by molar-refractivity contribution is 5.80. The van der Waals surface area contributed by atoms with E-state index in [9.17, 15) is 4.79 Å². The van der Waals surface area contributed by atoms with Crippen LogP contribution in [0.5, 0.6) is 11.5 Å². The van der Waals surface area contributed by atoms with Crippen LogP contribution in [0.4, 0.5) is 0 Å². The van der Waals surface area contributed by atoms with E-state index in [0.717, 1.165) is 0 Å². The molecular formula is C14H22N2O3. The van der Waals surface area contributed by atoms with Gasteiger partial charge in [-0.25, -0.2) is 0 Å². The number of ether oxygens (including phenoxy) is 2. The lowest BCUT2D eigenvalue weighted by Gasteiger charge is -2.16. The summed E-state index contributed by atoms with van der Waals surface area (Å²) in [5, 5.41) is 2.77. The van der Waals surface area contributed by atoms with Gasteiger partial charge in [0.1, 0.15) is 0 Å². The molecule has 0 spiro atoms. The SMILES string of the molecule is COc1ccccc1OCC(C)CNC(=O)C(C)N. The van der Waals surface area contributed by atoms with E-state index in [4.69, 9.17) is 15.2 Å². The fourth-order valence-corrected chi connectivity index (χ4v) is 1.46. The molecule has 0 radical (unpaired) electrons. The van der Waals surface area contributed by atoms with Crippen molar-refractivity contribution in [2.45, 2.75) is 19.9 Å². The highest BCUT2D eigenvalue weighted by Gasteiger charge is 2.10. The molecule has 0 bridgehead atoms. The monoisotopic (exact) mass is 266 g/mol. The minimum Gasteiger partial charge on any atom is -0.493 e. The van der Waals surface area contributed by atoms with Crippen LogP contribution in [0.1, 0.15) is 13.8 Å². The number of nitrogens with two attached hydrogens (primary N) is 1. The zero-order chi connectivity index (χ0) is 14.3. The highest BCUT2D eigenvalue weighted by Crippen LogP contribution is 2.25. The van der Waals surface area contributed by atoms with E-state index in [2.05, 4.69) is 5.32 Å². The molecule has 1 aromatic carbocycles. The van der Waals surface area contributed by atoms with E-state index in [1.165, 1.54) is 0 Å². The van der Waals surface area contributed by atoms with Crippen LogP contribution >= 0.6 is 0 Å². The molecule has 0 aliphatic heterocycles. The fourth-order valence-electron chi connectivity index (χ4n) is 1.46. The predicted molar refractivity (Wildman–Crippen MR) is 74.3 cm³/mol. The van der Waals surface area contributed by atoms with Gasteiger partial charge < -0.3 is 20.5 Å². The molecule has 19 heavy (non-hydrogen) atoms. The molecule has 0 aromatic heterocycles. The van der Waals surface area contributed by atoms with Crippen molar-refractivity contribution in [1.82, 2.24) is 5.32 Å². The average molecular weight is 266 g/mol. The van der Waals surface area contributed by atoms with Crippen molar-refractivity contribution in [2.75, 3.05) is 20.3 Å². The fraction of sp³-hybridized carbons (Fsp3) is 0.500. The second kappa shape index (κ2) is 7.63. The van der Waals surface area contributed by atoms with Crippen molar-refractivity contribution in [3.05, 3.63) is 24.3 Å². The molecular weight excluding hydrogens is 244 g/mol. The molecule has 5 nitrogen and oxygen atoms in total. The Labute approximate surface area is 114 Å². The lowest BCUT2D eigenvalue weighted by molar-refractivity contribution is -0.122. The lowest BCUT2D eigenvalue weighted by Crippen LogP contribution is -2.40. The number of hydrogen-bond donors (Lipinski definition) is 2. The van der Waals surface area contributed by atoms with E-state index in [1.807, 2.05) is 31.2 Å². The first-order valence-corrected chi connectivity index (χ1v) is 6.33. The predicted octanol–water partition coefficient (Wildman–Crippen LogP) is 1.17. The Morgan fingerprint density at radius 1 is 1.32 bits per heavy atom. The van der Waals surface area contributed by atoms with E-state index in [0.29, 0.717) is 24.7 Å². The van der Waals surface area contributed by atoms with Crippen molar-refractivity contribution >= 4 is 5.91 Å². The normalized spacial score (nSPS) is 13.5. The van der Waals surface area contributed by atoms with E-state index >= 15 is 0 Å². The molecule has 3 N–H and O–H groups in total. The lowest BCUT2D eigenvalue weighted by atomic mass is 10.2. The second-order valence-electron chi connectivity index (χ2n) is 4.60. The zero-order valence-corrected chi connectivity index (χ0v) is 11.7. The van der Waals surface area contributed by atoms with Gasteiger partial charge in [-0.3, -0.25) is 4.79 Å². The number of carbonyl (C=O) groups excluding carboxylic acids is 1. The van der Waals surface area contributed by atoms with Crippen LogP contribution in [0.3, 0.4) is 0 Å². The third-order valence-corrected chi connectivity index (χ3v) is 2.63. The Hall–Kier alpha value is -1.75. The summed E-state index contributed by atoms with van der Waals surface area (Å²) in [6.07, 6.45) is 0. The van der Waals surface area contributed by atoms with E-state index in [-0.39, 0.29) is 11.8 Å². The number of methoxy groups -OCH3 is 1. The van der Waals surface area contributed by atoms with Crippen LogP contribution in [-0.2, 0) is 4.79 Å². The number of carbonyl (C=O) groups is 1. The van der Waals surface area contributed by atoms with Crippen LogP contribution in [0.2, 0.25) is 0 Å². The number of nitrogens with one attached hydrogen (secondary N) is 1. The second-order valence-corrected chi connectivity index (χ2v) is 4.60. The maximum absolute atomic E-state index is 11.3. The van der Waals surface area contributed by atoms with Gasteiger partial charge in [0.25, 0.3) is 0 Å². The van der Waals surface area contributed by atoms with Crippen LogP contribution in [0.25, 0.3) is 0 Å². The molecule has 0 saturated heterocycles. The Morgan fingerprint density at radius 2 is 1.95 bits per heavy atom. The molecule has 1 rings (SSSR count). The van der Waals surface area contributed by atoms with Gasteiger partial charge in [-0.1, -0.05) is 19.1 Å². The molecule has 2 atom stereocenters. The van der Waals surface area contributed by atoms with Crippen molar-refractivity contribution in [1.29, 1.82) is 0 Å². The van der Waals surface area contributed by atoms with Gasteiger partial charge in [-0.05, 0) is 19.1 Å². The first-order valence-electron chi connectivity index (χ1n) is 6.33. The van der Waals surface area contributed by atoms with E-state index < -0.39 is 6.04 Å². The van der Waals surface area contributed by atoms with Gasteiger partial charge in [-0.15, -0.1) is 0 Å². The van der Waals surface area contributed by atoms with Crippen molar-refractivity contribution in [3.63, 3.8) is 0 Å². The smallest absolute Gasteiger partial charge is 0.236 e. The zero-order valence-electron chi connectivity index (χ0n) is 11.7. The largest absolute Gasteiger partial charge is 0.493 e. The molecule has 106 valence electrons. The number of para-hydroxylation sites is 2. The van der Waals surface area contributed by atoms with Gasteiger partial charge in [0.15, 0.2) is 11.5 Å². The Bertz CT molecular complexity index is 407. The van der Waals surface area contributed by atoms with Gasteiger partial charge >= 0.3 is 0 Å². The maximum Gasteiger partial charge on any atom is 0.236 e. The summed E-state index contributed by atoms with van der Waals surface area (Å²) < 4.78 is 10.9. The summed E-state index contributed by atoms with van der Waals surface area (Å²) in [4.78, 5) is 11.3. The Morgan fingerprint density at radius 3 is 2.53 bits per heavy atom. The number of amides is 1. The summed E-state index contributed by atoms with van der Waals surface area (Å²) in [6.45, 7) is 4.69. The molecule has 0 fully saturated rings. The van der Waals surface area contributed by atoms with Gasteiger partial charge in [0.2, 0.25) is 5.91 Å². The molecule has 2 unspecified atom stereocenters. The maximum atomic E-state index is 11.3. The molecule has 0 aliphatic rings. The molecule has 1 aromatic rings. The molecule has 0 saturated carbocycles. The Kier molecular flexibility index (Phi) is 6.15. The van der Waals surface area contributed by atoms with Gasteiger partial charge in [-0.2, -0.15) is 0 Å². The number of hydrogen-bond acceptors (Lipinski definition) is 4. The number of rotatable bonds is 7. The molecule has 1 amide bonds. The van der Waals surface area contributed by atoms with E-state index in [1.54, 1.807) is 14.0 Å².